The van der Waals surface area contributed by atoms with Crippen LogP contribution in [0, 0.1) is 0 Å². The van der Waals surface area contributed by atoms with Crippen molar-refractivity contribution in [3.8, 4) is 0 Å². The van der Waals surface area contributed by atoms with E-state index < -0.39 is 5.60 Å². The van der Waals surface area contributed by atoms with E-state index in [1.165, 1.54) is 0 Å². The molecule has 6 heteroatoms. The van der Waals surface area contributed by atoms with Crippen LogP contribution in [0.3, 0.4) is 0 Å². The lowest BCUT2D eigenvalue weighted by atomic mass is 9.81. The minimum Gasteiger partial charge on any atom is -0.383 e. The number of hydrogen-bond acceptors (Lipinski definition) is 3. The second-order valence-electron chi connectivity index (χ2n) is 5.52. The van der Waals surface area contributed by atoms with Gasteiger partial charge in [-0.15, -0.1) is 11.3 Å². The molecule has 0 aliphatic carbocycles. The third-order valence-electron chi connectivity index (χ3n) is 4.07. The molecule has 0 radical (unpaired) electrons. The molecule has 2 heterocycles. The van der Waals surface area contributed by atoms with E-state index in [-0.39, 0.29) is 5.92 Å². The van der Waals surface area contributed by atoms with Crippen LogP contribution in [0.1, 0.15) is 23.3 Å². The van der Waals surface area contributed by atoms with Crippen LogP contribution < -0.4 is 0 Å². The maximum atomic E-state index is 11.6. The minimum absolute atomic E-state index is 0.136. The zero-order chi connectivity index (χ0) is 16.4. The van der Waals surface area contributed by atoms with Crippen LogP contribution >= 0.6 is 34.5 Å². The maximum Gasteiger partial charge on any atom is 0.116 e. The van der Waals surface area contributed by atoms with E-state index in [2.05, 4.69) is 4.98 Å². The van der Waals surface area contributed by atoms with Gasteiger partial charge in [-0.2, -0.15) is 0 Å². The smallest absolute Gasteiger partial charge is 0.116 e. The largest absolute Gasteiger partial charge is 0.383 e. The number of aromatic nitrogens is 2. The Morgan fingerprint density at radius 3 is 2.78 bits per heavy atom. The maximum absolute atomic E-state index is 11.6. The summed E-state index contributed by atoms with van der Waals surface area (Å²) in [4.78, 5) is 5.15. The highest BCUT2D eigenvalue weighted by molar-refractivity contribution is 7.10. The van der Waals surface area contributed by atoms with Crippen LogP contribution in [0.4, 0.5) is 0 Å². The van der Waals surface area contributed by atoms with Gasteiger partial charge < -0.3 is 9.67 Å². The molecule has 120 valence electrons. The Labute approximate surface area is 149 Å². The molecule has 0 saturated carbocycles. The molecule has 1 aromatic carbocycles. The van der Waals surface area contributed by atoms with Gasteiger partial charge in [-0.05, 0) is 23.6 Å². The van der Waals surface area contributed by atoms with Crippen molar-refractivity contribution in [1.29, 1.82) is 0 Å². The van der Waals surface area contributed by atoms with Crippen LogP contribution in [-0.4, -0.2) is 14.7 Å². The first kappa shape index (κ1) is 16.5. The summed E-state index contributed by atoms with van der Waals surface area (Å²) in [5.74, 6) is -0.136. The number of hydrogen-bond donors (Lipinski definition) is 1. The van der Waals surface area contributed by atoms with Gasteiger partial charge in [-0.25, -0.2) is 4.98 Å². The number of imidazole rings is 1. The fraction of sp³-hybridized carbons (Fsp3) is 0.235. The number of rotatable bonds is 5. The third-order valence-corrected chi connectivity index (χ3v) is 5.67. The molecular weight excluding hydrogens is 351 g/mol. The highest BCUT2D eigenvalue weighted by atomic mass is 35.5. The summed E-state index contributed by atoms with van der Waals surface area (Å²) in [7, 11) is 0. The monoisotopic (exact) mass is 366 g/mol. The predicted molar refractivity (Wildman–Crippen MR) is 95.3 cm³/mol. The third kappa shape index (κ3) is 3.31. The molecule has 3 aromatic rings. The van der Waals surface area contributed by atoms with Crippen molar-refractivity contribution < 1.29 is 5.11 Å². The summed E-state index contributed by atoms with van der Waals surface area (Å²) in [5, 5.41) is 14.6. The molecular formula is C17H16Cl2N2OS. The Balaban J connectivity index is 2.08. The van der Waals surface area contributed by atoms with E-state index in [1.807, 2.05) is 35.2 Å². The number of halogens is 2. The van der Waals surface area contributed by atoms with Gasteiger partial charge in [0.25, 0.3) is 0 Å². The van der Waals surface area contributed by atoms with Crippen LogP contribution in [0.5, 0.6) is 0 Å². The summed E-state index contributed by atoms with van der Waals surface area (Å²) >= 11 is 14.0. The van der Waals surface area contributed by atoms with Crippen molar-refractivity contribution in [3.05, 3.63) is 74.9 Å². The lowest BCUT2D eigenvalue weighted by molar-refractivity contribution is -0.00373. The van der Waals surface area contributed by atoms with Crippen LogP contribution in [-0.2, 0) is 12.1 Å². The first-order valence-electron chi connectivity index (χ1n) is 7.18. The van der Waals surface area contributed by atoms with Gasteiger partial charge >= 0.3 is 0 Å². The van der Waals surface area contributed by atoms with Gasteiger partial charge in [0.05, 0.1) is 12.9 Å². The lowest BCUT2D eigenvalue weighted by Crippen LogP contribution is -2.36. The van der Waals surface area contributed by atoms with E-state index in [9.17, 15) is 5.11 Å². The topological polar surface area (TPSA) is 38.0 Å². The van der Waals surface area contributed by atoms with Crippen molar-refractivity contribution in [2.24, 2.45) is 0 Å². The molecule has 2 aromatic heterocycles. The van der Waals surface area contributed by atoms with Gasteiger partial charge in [0.1, 0.15) is 5.60 Å². The van der Waals surface area contributed by atoms with E-state index in [1.54, 1.807) is 42.1 Å². The number of thiophene rings is 1. The molecule has 3 nitrogen and oxygen atoms in total. The molecule has 0 amide bonds. The number of aliphatic hydroxyl groups is 1. The normalized spacial score (nSPS) is 15.3. The molecule has 0 aliphatic heterocycles. The quantitative estimate of drug-likeness (QED) is 0.693. The summed E-state index contributed by atoms with van der Waals surface area (Å²) in [6.45, 7) is 2.36. The van der Waals surface area contributed by atoms with Crippen LogP contribution in [0.25, 0.3) is 0 Å². The van der Waals surface area contributed by atoms with Crippen molar-refractivity contribution in [2.75, 3.05) is 0 Å². The minimum atomic E-state index is -1.17. The molecule has 23 heavy (non-hydrogen) atoms. The molecule has 0 fully saturated rings. The zero-order valence-corrected chi connectivity index (χ0v) is 14.8. The summed E-state index contributed by atoms with van der Waals surface area (Å²) in [5.41, 5.74) is -0.508. The van der Waals surface area contributed by atoms with E-state index in [4.69, 9.17) is 23.2 Å². The van der Waals surface area contributed by atoms with Gasteiger partial charge in [0, 0.05) is 38.8 Å². The Morgan fingerprint density at radius 2 is 2.17 bits per heavy atom. The molecule has 0 saturated heterocycles. The fourth-order valence-corrected chi connectivity index (χ4v) is 4.17. The average molecular weight is 367 g/mol. The van der Waals surface area contributed by atoms with E-state index in [0.717, 1.165) is 4.88 Å². The van der Waals surface area contributed by atoms with Crippen molar-refractivity contribution >= 4 is 34.5 Å². The second-order valence-corrected chi connectivity index (χ2v) is 7.34. The lowest BCUT2D eigenvalue weighted by Gasteiger charge is -2.35. The summed E-state index contributed by atoms with van der Waals surface area (Å²) in [6.07, 6.45) is 5.21. The SMILES string of the molecule is CC(c1cccs1)C(O)(Cn1ccnc1)c1ccc(Cl)cc1Cl. The molecule has 1 N–H and O–H groups in total. The highest BCUT2D eigenvalue weighted by Crippen LogP contribution is 2.43. The number of benzene rings is 1. The molecule has 2 atom stereocenters. The molecule has 0 aliphatic rings. The van der Waals surface area contributed by atoms with Crippen LogP contribution in [0.15, 0.2) is 54.4 Å². The predicted octanol–water partition coefficient (Wildman–Crippen LogP) is 4.94. The Hall–Kier alpha value is -1.33. The van der Waals surface area contributed by atoms with Crippen molar-refractivity contribution in [3.63, 3.8) is 0 Å². The highest BCUT2D eigenvalue weighted by Gasteiger charge is 2.39. The zero-order valence-electron chi connectivity index (χ0n) is 12.5. The Morgan fingerprint density at radius 1 is 1.35 bits per heavy atom. The fourth-order valence-electron chi connectivity index (χ4n) is 2.73. The van der Waals surface area contributed by atoms with Gasteiger partial charge in [-0.3, -0.25) is 0 Å². The number of nitrogens with zero attached hydrogens (tertiary/aromatic N) is 2. The average Bonchev–Trinajstić information content (AvgIpc) is 3.19. The second kappa shape index (κ2) is 6.65. The standard InChI is InChI=1S/C17H16Cl2N2OS/c1-12(16-3-2-8-23-16)17(22,10-21-7-6-20-11-21)14-5-4-13(18)9-15(14)19/h2-9,11-12,22H,10H2,1H3. The van der Waals surface area contributed by atoms with Crippen molar-refractivity contribution in [1.82, 2.24) is 9.55 Å². The Kier molecular flexibility index (Phi) is 4.78. The molecule has 2 unspecified atom stereocenters. The summed E-state index contributed by atoms with van der Waals surface area (Å²) in [6, 6.07) is 9.22. The van der Waals surface area contributed by atoms with Crippen LogP contribution in [0.2, 0.25) is 10.0 Å². The van der Waals surface area contributed by atoms with Gasteiger partial charge in [0.15, 0.2) is 0 Å². The first-order valence-corrected chi connectivity index (χ1v) is 8.81. The molecule has 0 spiro atoms. The molecule has 0 bridgehead atoms. The van der Waals surface area contributed by atoms with E-state index in [0.29, 0.717) is 22.2 Å². The van der Waals surface area contributed by atoms with E-state index >= 15 is 0 Å². The van der Waals surface area contributed by atoms with Gasteiger partial charge in [0.2, 0.25) is 0 Å². The van der Waals surface area contributed by atoms with Gasteiger partial charge in [-0.1, -0.05) is 42.3 Å². The molecule has 3 rings (SSSR count). The Bertz CT molecular complexity index is 774. The summed E-state index contributed by atoms with van der Waals surface area (Å²) < 4.78 is 1.86. The van der Waals surface area contributed by atoms with Crippen molar-refractivity contribution in [2.45, 2.75) is 25.0 Å². The first-order chi connectivity index (χ1) is 11.0.